The van der Waals surface area contributed by atoms with Gasteiger partial charge in [-0.25, -0.2) is 4.63 Å². The molecule has 27 heavy (non-hydrogen) atoms. The maximum atomic E-state index is 10.7. The summed E-state index contributed by atoms with van der Waals surface area (Å²) in [7, 11) is 0. The molecule has 1 saturated heterocycles. The maximum Gasteiger partial charge on any atom is 0.158 e. The van der Waals surface area contributed by atoms with Crippen LogP contribution in [0.15, 0.2) is 35.0 Å². The standard InChI is InChI=1S/C21H21N3O3/c25-21(11-26-12-21)17-7-18-20(23-27-22-18)19(8-17)24-9-15-5-4-14(6-16(15)10-24)13-2-1-3-13/h4-8,13,25H,1-3,9-12H2. The molecule has 0 bridgehead atoms. The monoisotopic (exact) mass is 363 g/mol. The van der Waals surface area contributed by atoms with Crippen LogP contribution in [0.5, 0.6) is 0 Å². The number of ether oxygens (including phenoxy) is 1. The number of nitrogens with zero attached hydrogens (tertiary/aromatic N) is 3. The first-order valence-electron chi connectivity index (χ1n) is 9.63. The highest BCUT2D eigenvalue weighted by atomic mass is 16.6. The lowest BCUT2D eigenvalue weighted by Gasteiger charge is -2.37. The predicted molar refractivity (Wildman–Crippen MR) is 99.4 cm³/mol. The second-order valence-electron chi connectivity index (χ2n) is 8.16. The van der Waals surface area contributed by atoms with Crippen LogP contribution in [0.25, 0.3) is 11.0 Å². The molecule has 2 fully saturated rings. The number of hydrogen-bond acceptors (Lipinski definition) is 6. The van der Waals surface area contributed by atoms with Gasteiger partial charge in [0, 0.05) is 13.1 Å². The summed E-state index contributed by atoms with van der Waals surface area (Å²) in [4.78, 5) is 2.30. The Kier molecular flexibility index (Phi) is 3.20. The van der Waals surface area contributed by atoms with E-state index < -0.39 is 5.60 Å². The fraction of sp³-hybridized carbons (Fsp3) is 0.429. The van der Waals surface area contributed by atoms with Crippen molar-refractivity contribution in [1.29, 1.82) is 0 Å². The first kappa shape index (κ1) is 15.6. The highest BCUT2D eigenvalue weighted by Gasteiger charge is 2.39. The number of benzene rings is 2. The van der Waals surface area contributed by atoms with Gasteiger partial charge in [-0.1, -0.05) is 24.6 Å². The SMILES string of the molecule is OC1(c2cc(N3Cc4ccc(C5CCC5)cc4C3)c3nonc3c2)COC1. The van der Waals surface area contributed by atoms with Gasteiger partial charge in [0.1, 0.15) is 11.1 Å². The number of rotatable bonds is 3. The Hall–Kier alpha value is -2.44. The topological polar surface area (TPSA) is 71.6 Å². The van der Waals surface area contributed by atoms with E-state index in [-0.39, 0.29) is 0 Å². The summed E-state index contributed by atoms with van der Waals surface area (Å²) in [5.41, 5.74) is 6.49. The summed E-state index contributed by atoms with van der Waals surface area (Å²) in [5, 5.41) is 18.9. The zero-order chi connectivity index (χ0) is 18.0. The minimum atomic E-state index is -0.939. The largest absolute Gasteiger partial charge is 0.380 e. The van der Waals surface area contributed by atoms with Gasteiger partial charge < -0.3 is 14.7 Å². The molecule has 138 valence electrons. The molecule has 1 aromatic heterocycles. The van der Waals surface area contributed by atoms with Gasteiger partial charge in [0.2, 0.25) is 0 Å². The molecular weight excluding hydrogens is 342 g/mol. The van der Waals surface area contributed by atoms with E-state index in [0.29, 0.717) is 18.7 Å². The quantitative estimate of drug-likeness (QED) is 0.770. The van der Waals surface area contributed by atoms with Crippen molar-refractivity contribution in [1.82, 2.24) is 10.3 Å². The summed E-state index contributed by atoms with van der Waals surface area (Å²) in [6.07, 6.45) is 3.98. The van der Waals surface area contributed by atoms with E-state index in [4.69, 9.17) is 9.37 Å². The molecule has 0 atom stereocenters. The molecule has 1 N–H and O–H groups in total. The van der Waals surface area contributed by atoms with Crippen LogP contribution >= 0.6 is 0 Å². The van der Waals surface area contributed by atoms with E-state index in [1.807, 2.05) is 12.1 Å². The molecule has 0 spiro atoms. The Labute approximate surface area is 156 Å². The second kappa shape index (κ2) is 5.53. The minimum absolute atomic E-state index is 0.314. The number of aromatic nitrogens is 2. The smallest absolute Gasteiger partial charge is 0.158 e. The van der Waals surface area contributed by atoms with Gasteiger partial charge in [-0.3, -0.25) is 0 Å². The van der Waals surface area contributed by atoms with Crippen molar-refractivity contribution in [3.8, 4) is 0 Å². The van der Waals surface area contributed by atoms with Gasteiger partial charge in [-0.05, 0) is 63.5 Å². The Morgan fingerprint density at radius 1 is 1.04 bits per heavy atom. The van der Waals surface area contributed by atoms with E-state index >= 15 is 0 Å². The highest BCUT2D eigenvalue weighted by Crippen LogP contribution is 2.41. The van der Waals surface area contributed by atoms with Crippen molar-refractivity contribution in [3.05, 3.63) is 52.6 Å². The van der Waals surface area contributed by atoms with Gasteiger partial charge in [0.05, 0.1) is 18.9 Å². The second-order valence-corrected chi connectivity index (χ2v) is 8.16. The molecular formula is C21H21N3O3. The number of hydrogen-bond donors (Lipinski definition) is 1. The third kappa shape index (κ3) is 2.33. The molecule has 3 heterocycles. The third-order valence-electron chi connectivity index (χ3n) is 6.43. The highest BCUT2D eigenvalue weighted by molar-refractivity contribution is 5.89. The van der Waals surface area contributed by atoms with Crippen molar-refractivity contribution in [2.24, 2.45) is 0 Å². The van der Waals surface area contributed by atoms with Gasteiger partial charge >= 0.3 is 0 Å². The van der Waals surface area contributed by atoms with E-state index in [1.165, 1.54) is 36.0 Å². The van der Waals surface area contributed by atoms with Crippen LogP contribution in [0.2, 0.25) is 0 Å². The van der Waals surface area contributed by atoms with E-state index in [9.17, 15) is 5.11 Å². The summed E-state index contributed by atoms with van der Waals surface area (Å²) in [6, 6.07) is 10.8. The molecule has 3 aromatic rings. The van der Waals surface area contributed by atoms with Crippen molar-refractivity contribution in [3.63, 3.8) is 0 Å². The number of fused-ring (bicyclic) bond motifs is 2. The average molecular weight is 363 g/mol. The molecule has 0 amide bonds. The van der Waals surface area contributed by atoms with Crippen molar-refractivity contribution < 1.29 is 14.5 Å². The van der Waals surface area contributed by atoms with Crippen LogP contribution in [0.3, 0.4) is 0 Å². The first-order valence-corrected chi connectivity index (χ1v) is 9.63. The zero-order valence-corrected chi connectivity index (χ0v) is 15.0. The fourth-order valence-electron chi connectivity index (χ4n) is 4.42. The van der Waals surface area contributed by atoms with E-state index in [0.717, 1.165) is 35.8 Å². The first-order chi connectivity index (χ1) is 13.2. The molecule has 6 nitrogen and oxygen atoms in total. The summed E-state index contributed by atoms with van der Waals surface area (Å²) < 4.78 is 10.2. The molecule has 6 rings (SSSR count). The third-order valence-corrected chi connectivity index (χ3v) is 6.43. The van der Waals surface area contributed by atoms with Gasteiger partial charge in [0.25, 0.3) is 0 Å². The molecule has 1 saturated carbocycles. The molecule has 6 heteroatoms. The Balaban J connectivity index is 1.38. The zero-order valence-electron chi connectivity index (χ0n) is 15.0. The Morgan fingerprint density at radius 2 is 1.89 bits per heavy atom. The summed E-state index contributed by atoms with van der Waals surface area (Å²) >= 11 is 0. The average Bonchev–Trinajstić information content (AvgIpc) is 3.23. The van der Waals surface area contributed by atoms with Crippen molar-refractivity contribution in [2.45, 2.75) is 43.9 Å². The van der Waals surface area contributed by atoms with Gasteiger partial charge in [-0.2, -0.15) is 0 Å². The predicted octanol–water partition coefficient (Wildman–Crippen LogP) is 3.23. The van der Waals surface area contributed by atoms with Crippen molar-refractivity contribution in [2.75, 3.05) is 18.1 Å². The molecule has 2 aromatic carbocycles. The molecule has 0 radical (unpaired) electrons. The van der Waals surface area contributed by atoms with Crippen LogP contribution in [-0.2, 0) is 23.4 Å². The number of aliphatic hydroxyl groups is 1. The van der Waals surface area contributed by atoms with Crippen LogP contribution in [0, 0.1) is 0 Å². The normalized spacial score (nSPS) is 21.1. The van der Waals surface area contributed by atoms with Crippen LogP contribution in [-0.4, -0.2) is 28.6 Å². The molecule has 2 aliphatic heterocycles. The lowest BCUT2D eigenvalue weighted by atomic mass is 9.79. The van der Waals surface area contributed by atoms with Gasteiger partial charge in [-0.15, -0.1) is 0 Å². The molecule has 1 aliphatic carbocycles. The van der Waals surface area contributed by atoms with Crippen LogP contribution in [0.4, 0.5) is 5.69 Å². The lowest BCUT2D eigenvalue weighted by Crippen LogP contribution is -2.46. The van der Waals surface area contributed by atoms with Crippen molar-refractivity contribution >= 4 is 16.7 Å². The van der Waals surface area contributed by atoms with E-state index in [2.05, 4.69) is 33.4 Å². The van der Waals surface area contributed by atoms with Gasteiger partial charge in [0.15, 0.2) is 5.52 Å². The lowest BCUT2D eigenvalue weighted by molar-refractivity contribution is -0.184. The summed E-state index contributed by atoms with van der Waals surface area (Å²) in [6.45, 7) is 2.30. The van der Waals surface area contributed by atoms with E-state index in [1.54, 1.807) is 0 Å². The molecule has 3 aliphatic rings. The minimum Gasteiger partial charge on any atom is -0.380 e. The Morgan fingerprint density at radius 3 is 2.63 bits per heavy atom. The summed E-state index contributed by atoms with van der Waals surface area (Å²) in [5.74, 6) is 0.743. The Bertz CT molecular complexity index is 1040. The maximum absolute atomic E-state index is 10.7. The number of anilines is 1. The molecule has 0 unspecified atom stereocenters. The fourth-order valence-corrected chi connectivity index (χ4v) is 4.42. The van der Waals surface area contributed by atoms with Crippen LogP contribution in [0.1, 0.15) is 47.4 Å². The van der Waals surface area contributed by atoms with Crippen LogP contribution < -0.4 is 4.90 Å².